The first kappa shape index (κ1) is 14.3. The molecule has 0 heterocycles. The molecule has 0 bridgehead atoms. The second-order valence-corrected chi connectivity index (χ2v) is 4.88. The van der Waals surface area contributed by atoms with Crippen LogP contribution in [0.4, 0.5) is 8.78 Å². The van der Waals surface area contributed by atoms with Gasteiger partial charge in [-0.15, -0.1) is 0 Å². The van der Waals surface area contributed by atoms with Crippen LogP contribution in [-0.2, 0) is 6.42 Å². The van der Waals surface area contributed by atoms with Gasteiger partial charge in [-0.05, 0) is 18.2 Å². The third-order valence-electron chi connectivity index (χ3n) is 2.80. The second kappa shape index (κ2) is 5.87. The van der Waals surface area contributed by atoms with Crippen LogP contribution in [0.2, 0.25) is 10.0 Å². The average molecular weight is 303 g/mol. The second-order valence-electron chi connectivity index (χ2n) is 4.06. The van der Waals surface area contributed by atoms with E-state index in [0.29, 0.717) is 0 Å². The van der Waals surface area contributed by atoms with Crippen molar-refractivity contribution < 1.29 is 13.9 Å². The highest BCUT2D eigenvalue weighted by molar-refractivity contribution is 6.31. The maximum atomic E-state index is 13.7. The van der Waals surface area contributed by atoms with Gasteiger partial charge in [0.15, 0.2) is 0 Å². The minimum atomic E-state index is -1.21. The summed E-state index contributed by atoms with van der Waals surface area (Å²) in [4.78, 5) is 0. The van der Waals surface area contributed by atoms with Gasteiger partial charge in [0.1, 0.15) is 11.6 Å². The Balaban J connectivity index is 2.31. The van der Waals surface area contributed by atoms with Gasteiger partial charge < -0.3 is 5.11 Å². The van der Waals surface area contributed by atoms with Gasteiger partial charge in [-0.1, -0.05) is 41.4 Å². The number of hydrogen-bond donors (Lipinski definition) is 1. The lowest BCUT2D eigenvalue weighted by atomic mass is 10.0. The van der Waals surface area contributed by atoms with Crippen LogP contribution in [0.15, 0.2) is 36.4 Å². The molecule has 5 heteroatoms. The fourth-order valence-electron chi connectivity index (χ4n) is 1.81. The molecule has 0 aliphatic rings. The van der Waals surface area contributed by atoms with Crippen LogP contribution in [0.5, 0.6) is 0 Å². The Bertz CT molecular complexity index is 582. The van der Waals surface area contributed by atoms with E-state index in [0.717, 1.165) is 0 Å². The molecule has 1 N–H and O–H groups in total. The lowest BCUT2D eigenvalue weighted by Gasteiger charge is -2.14. The molecule has 2 rings (SSSR count). The van der Waals surface area contributed by atoms with Crippen molar-refractivity contribution in [2.24, 2.45) is 0 Å². The Hall–Kier alpha value is -1.16. The molecule has 0 spiro atoms. The number of aliphatic hydroxyl groups is 1. The van der Waals surface area contributed by atoms with Gasteiger partial charge in [0.2, 0.25) is 0 Å². The predicted molar refractivity (Wildman–Crippen MR) is 71.5 cm³/mol. The molecule has 0 amide bonds. The standard InChI is InChI=1S/C14H10Cl2F2O/c15-10-4-2-6-12(17)9(10)7-13(19)8-3-1-5-11(16)14(8)18/h1-6,13,19H,7H2. The zero-order valence-electron chi connectivity index (χ0n) is 9.71. The van der Waals surface area contributed by atoms with E-state index in [-0.39, 0.29) is 27.6 Å². The third-order valence-corrected chi connectivity index (χ3v) is 3.45. The first-order valence-corrected chi connectivity index (χ1v) is 6.31. The number of aliphatic hydroxyl groups excluding tert-OH is 1. The van der Waals surface area contributed by atoms with E-state index in [4.69, 9.17) is 23.2 Å². The van der Waals surface area contributed by atoms with Crippen molar-refractivity contribution in [2.75, 3.05) is 0 Å². The number of halogens is 4. The van der Waals surface area contributed by atoms with Gasteiger partial charge >= 0.3 is 0 Å². The molecule has 2 aromatic rings. The molecule has 1 nitrogen and oxygen atoms in total. The summed E-state index contributed by atoms with van der Waals surface area (Å²) in [5.74, 6) is -1.24. The van der Waals surface area contributed by atoms with Crippen molar-refractivity contribution >= 4 is 23.2 Å². The Kier molecular flexibility index (Phi) is 4.40. The fraction of sp³-hybridized carbons (Fsp3) is 0.143. The molecule has 1 atom stereocenters. The largest absolute Gasteiger partial charge is 0.388 e. The molecular weight excluding hydrogens is 293 g/mol. The van der Waals surface area contributed by atoms with Gasteiger partial charge in [0, 0.05) is 22.6 Å². The quantitative estimate of drug-likeness (QED) is 0.882. The van der Waals surface area contributed by atoms with Crippen LogP contribution < -0.4 is 0 Å². The van der Waals surface area contributed by atoms with E-state index in [2.05, 4.69) is 0 Å². The SMILES string of the molecule is OC(Cc1c(F)cccc1Cl)c1cccc(Cl)c1F. The maximum Gasteiger partial charge on any atom is 0.147 e. The van der Waals surface area contributed by atoms with E-state index < -0.39 is 17.7 Å². The number of rotatable bonds is 3. The van der Waals surface area contributed by atoms with Crippen molar-refractivity contribution in [2.45, 2.75) is 12.5 Å². The molecule has 0 aliphatic carbocycles. The summed E-state index contributed by atoms with van der Waals surface area (Å²) >= 11 is 11.5. The topological polar surface area (TPSA) is 20.2 Å². The van der Waals surface area contributed by atoms with E-state index >= 15 is 0 Å². The molecule has 2 aromatic carbocycles. The van der Waals surface area contributed by atoms with Gasteiger partial charge in [-0.3, -0.25) is 0 Å². The maximum absolute atomic E-state index is 13.7. The summed E-state index contributed by atoms with van der Waals surface area (Å²) in [6.45, 7) is 0. The van der Waals surface area contributed by atoms with Crippen LogP contribution in [0.25, 0.3) is 0 Å². The lowest BCUT2D eigenvalue weighted by Crippen LogP contribution is -2.06. The molecule has 100 valence electrons. The monoisotopic (exact) mass is 302 g/mol. The van der Waals surface area contributed by atoms with Crippen molar-refractivity contribution in [3.8, 4) is 0 Å². The van der Waals surface area contributed by atoms with Crippen LogP contribution in [0.1, 0.15) is 17.2 Å². The molecule has 0 saturated carbocycles. The van der Waals surface area contributed by atoms with Crippen LogP contribution in [0.3, 0.4) is 0 Å². The zero-order valence-corrected chi connectivity index (χ0v) is 11.2. The van der Waals surface area contributed by atoms with Gasteiger partial charge in [0.05, 0.1) is 11.1 Å². The van der Waals surface area contributed by atoms with Crippen molar-refractivity contribution in [3.05, 3.63) is 69.2 Å². The highest BCUT2D eigenvalue weighted by Crippen LogP contribution is 2.29. The minimum absolute atomic E-state index is 0.0202. The summed E-state index contributed by atoms with van der Waals surface area (Å²) in [7, 11) is 0. The van der Waals surface area contributed by atoms with Crippen LogP contribution >= 0.6 is 23.2 Å². The predicted octanol–water partition coefficient (Wildman–Crippen LogP) is 4.55. The number of hydrogen-bond acceptors (Lipinski definition) is 1. The molecule has 1 unspecified atom stereocenters. The van der Waals surface area contributed by atoms with E-state index in [1.54, 1.807) is 0 Å². The first-order chi connectivity index (χ1) is 9.00. The fourth-order valence-corrected chi connectivity index (χ4v) is 2.23. The van der Waals surface area contributed by atoms with Crippen LogP contribution in [-0.4, -0.2) is 5.11 Å². The molecule has 0 aromatic heterocycles. The van der Waals surface area contributed by atoms with E-state index in [9.17, 15) is 13.9 Å². The van der Waals surface area contributed by atoms with Gasteiger partial charge in [0.25, 0.3) is 0 Å². The molecule has 0 fully saturated rings. The summed E-state index contributed by atoms with van der Waals surface area (Å²) in [6.07, 6.45) is -1.34. The zero-order chi connectivity index (χ0) is 14.0. The normalized spacial score (nSPS) is 12.5. The molecule has 0 radical (unpaired) electrons. The summed E-state index contributed by atoms with van der Waals surface area (Å²) < 4.78 is 27.3. The smallest absolute Gasteiger partial charge is 0.147 e. The van der Waals surface area contributed by atoms with Gasteiger partial charge in [-0.2, -0.15) is 0 Å². The van der Waals surface area contributed by atoms with Crippen molar-refractivity contribution in [1.82, 2.24) is 0 Å². The highest BCUT2D eigenvalue weighted by Gasteiger charge is 2.18. The molecule has 19 heavy (non-hydrogen) atoms. The Labute approximate surface area is 119 Å². The highest BCUT2D eigenvalue weighted by atomic mass is 35.5. The average Bonchev–Trinajstić information content (AvgIpc) is 2.37. The lowest BCUT2D eigenvalue weighted by molar-refractivity contribution is 0.172. The van der Waals surface area contributed by atoms with E-state index in [1.807, 2.05) is 0 Å². The summed E-state index contributed by atoms with van der Waals surface area (Å²) in [5.41, 5.74) is 0.169. The first-order valence-electron chi connectivity index (χ1n) is 5.55. The van der Waals surface area contributed by atoms with Crippen molar-refractivity contribution in [1.29, 1.82) is 0 Å². The number of benzene rings is 2. The van der Waals surface area contributed by atoms with Gasteiger partial charge in [-0.25, -0.2) is 8.78 Å². The minimum Gasteiger partial charge on any atom is -0.388 e. The summed E-state index contributed by atoms with van der Waals surface area (Å²) in [5, 5.41) is 10.1. The van der Waals surface area contributed by atoms with E-state index in [1.165, 1.54) is 36.4 Å². The summed E-state index contributed by atoms with van der Waals surface area (Å²) in [6, 6.07) is 8.52. The van der Waals surface area contributed by atoms with Crippen molar-refractivity contribution in [3.63, 3.8) is 0 Å². The van der Waals surface area contributed by atoms with Crippen LogP contribution in [0, 0.1) is 11.6 Å². The molecule has 0 saturated heterocycles. The molecular formula is C14H10Cl2F2O. The third kappa shape index (κ3) is 3.06. The Morgan fingerprint density at radius 2 is 1.63 bits per heavy atom. The Morgan fingerprint density at radius 3 is 2.32 bits per heavy atom. The Morgan fingerprint density at radius 1 is 1.00 bits per heavy atom. The molecule has 0 aliphatic heterocycles.